The first-order valence-corrected chi connectivity index (χ1v) is 6.12. The Labute approximate surface area is 120 Å². The highest BCUT2D eigenvalue weighted by Crippen LogP contribution is 2.30. The molecular formula is C14H9Cl2O3-. The van der Waals surface area contributed by atoms with Crippen LogP contribution in [0.25, 0.3) is 11.1 Å². The van der Waals surface area contributed by atoms with Crippen LogP contribution in [0.1, 0.15) is 10.4 Å². The van der Waals surface area contributed by atoms with Crippen molar-refractivity contribution in [3.8, 4) is 16.9 Å². The highest BCUT2D eigenvalue weighted by Gasteiger charge is 2.06. The minimum absolute atomic E-state index is 0.0328. The molecule has 0 unspecified atom stereocenters. The molecule has 0 aromatic heterocycles. The van der Waals surface area contributed by atoms with E-state index in [4.69, 9.17) is 27.9 Å². The zero-order valence-electron chi connectivity index (χ0n) is 9.94. The topological polar surface area (TPSA) is 49.4 Å². The van der Waals surface area contributed by atoms with Crippen molar-refractivity contribution in [1.82, 2.24) is 0 Å². The Morgan fingerprint density at radius 1 is 1.00 bits per heavy atom. The molecule has 3 nitrogen and oxygen atoms in total. The number of methoxy groups -OCH3 is 1. The quantitative estimate of drug-likeness (QED) is 0.874. The second-order valence-electron chi connectivity index (χ2n) is 3.90. The van der Waals surface area contributed by atoms with Gasteiger partial charge in [-0.15, -0.1) is 0 Å². The van der Waals surface area contributed by atoms with E-state index in [1.54, 1.807) is 24.3 Å². The maximum absolute atomic E-state index is 11.0. The molecular weight excluding hydrogens is 287 g/mol. The summed E-state index contributed by atoms with van der Waals surface area (Å²) in [5, 5.41) is 11.9. The second-order valence-corrected chi connectivity index (χ2v) is 4.77. The summed E-state index contributed by atoms with van der Waals surface area (Å²) in [6, 6.07) is 9.58. The van der Waals surface area contributed by atoms with Gasteiger partial charge in [0.1, 0.15) is 5.75 Å². The Morgan fingerprint density at radius 2 is 1.58 bits per heavy atom. The summed E-state index contributed by atoms with van der Waals surface area (Å²) in [6.07, 6.45) is 0. The number of halogens is 2. The number of hydrogen-bond donors (Lipinski definition) is 0. The number of ether oxygens (including phenoxy) is 1. The van der Waals surface area contributed by atoms with Crippen LogP contribution in [0.3, 0.4) is 0 Å². The Kier molecular flexibility index (Phi) is 3.98. The fraction of sp³-hybridized carbons (Fsp3) is 0.0714. The molecule has 0 amide bonds. The van der Waals surface area contributed by atoms with Crippen LogP contribution in [0.4, 0.5) is 0 Å². The Morgan fingerprint density at radius 3 is 2.11 bits per heavy atom. The number of hydrogen-bond acceptors (Lipinski definition) is 3. The normalized spacial score (nSPS) is 10.3. The van der Waals surface area contributed by atoms with Gasteiger partial charge in [-0.1, -0.05) is 23.2 Å². The maximum atomic E-state index is 11.0. The van der Waals surface area contributed by atoms with Gasteiger partial charge in [-0.3, -0.25) is 0 Å². The summed E-state index contributed by atoms with van der Waals surface area (Å²) in [4.78, 5) is 11.0. The van der Waals surface area contributed by atoms with Gasteiger partial charge in [0, 0.05) is 15.6 Å². The van der Waals surface area contributed by atoms with Gasteiger partial charge < -0.3 is 14.6 Å². The number of aromatic carboxylic acids is 1. The fourth-order valence-corrected chi connectivity index (χ4v) is 2.25. The van der Waals surface area contributed by atoms with Crippen molar-refractivity contribution < 1.29 is 14.6 Å². The second kappa shape index (κ2) is 5.51. The minimum atomic E-state index is -1.27. The van der Waals surface area contributed by atoms with Gasteiger partial charge in [0.2, 0.25) is 0 Å². The van der Waals surface area contributed by atoms with Crippen LogP contribution < -0.4 is 9.84 Å². The first-order chi connectivity index (χ1) is 8.99. The average Bonchev–Trinajstić information content (AvgIpc) is 2.37. The van der Waals surface area contributed by atoms with E-state index < -0.39 is 5.97 Å². The summed E-state index contributed by atoms with van der Waals surface area (Å²) in [5.74, 6) is -0.846. The highest BCUT2D eigenvalue weighted by molar-refractivity contribution is 6.35. The van der Waals surface area contributed by atoms with Crippen molar-refractivity contribution >= 4 is 29.2 Å². The van der Waals surface area contributed by atoms with Crippen molar-refractivity contribution in [3.05, 3.63) is 52.0 Å². The Bertz CT molecular complexity index is 618. The van der Waals surface area contributed by atoms with E-state index in [-0.39, 0.29) is 5.56 Å². The van der Waals surface area contributed by atoms with E-state index in [1.165, 1.54) is 19.2 Å². The summed E-state index contributed by atoms with van der Waals surface area (Å²) < 4.78 is 5.07. The summed E-state index contributed by atoms with van der Waals surface area (Å²) in [6.45, 7) is 0. The predicted molar refractivity (Wildman–Crippen MR) is 72.8 cm³/mol. The smallest absolute Gasteiger partial charge is 0.120 e. The van der Waals surface area contributed by atoms with Gasteiger partial charge in [-0.05, 0) is 47.5 Å². The molecule has 0 fully saturated rings. The fourth-order valence-electron chi connectivity index (χ4n) is 1.72. The predicted octanol–water partition coefficient (Wildman–Crippen LogP) is 3.03. The molecule has 0 aliphatic heterocycles. The van der Waals surface area contributed by atoms with Gasteiger partial charge in [-0.2, -0.15) is 0 Å². The van der Waals surface area contributed by atoms with E-state index >= 15 is 0 Å². The molecule has 2 aromatic rings. The third-order valence-electron chi connectivity index (χ3n) is 2.57. The van der Waals surface area contributed by atoms with Crippen LogP contribution >= 0.6 is 23.2 Å². The molecule has 0 bridgehead atoms. The Balaban J connectivity index is 2.60. The van der Waals surface area contributed by atoms with Crippen molar-refractivity contribution in [2.45, 2.75) is 0 Å². The summed E-state index contributed by atoms with van der Waals surface area (Å²) >= 11 is 11.9. The number of carboxylic acid groups (broad SMARTS) is 1. The third kappa shape index (κ3) is 3.19. The lowest BCUT2D eigenvalue weighted by atomic mass is 10.0. The summed E-state index contributed by atoms with van der Waals surface area (Å²) in [7, 11) is 1.46. The van der Waals surface area contributed by atoms with Crippen LogP contribution in [0.5, 0.6) is 5.75 Å². The molecule has 0 aliphatic carbocycles. The van der Waals surface area contributed by atoms with E-state index in [0.29, 0.717) is 26.9 Å². The van der Waals surface area contributed by atoms with Crippen molar-refractivity contribution in [1.29, 1.82) is 0 Å². The van der Waals surface area contributed by atoms with Crippen LogP contribution in [-0.4, -0.2) is 13.1 Å². The van der Waals surface area contributed by atoms with Crippen LogP contribution in [0, 0.1) is 0 Å². The van der Waals surface area contributed by atoms with E-state index in [0.717, 1.165) is 0 Å². The van der Waals surface area contributed by atoms with E-state index in [9.17, 15) is 9.90 Å². The molecule has 5 heteroatoms. The minimum Gasteiger partial charge on any atom is -0.545 e. The lowest BCUT2D eigenvalue weighted by Gasteiger charge is -2.10. The number of carbonyl (C=O) groups is 1. The standard InChI is InChI=1S/C14H10Cl2O3/c1-19-13-5-8(2-10(6-13)14(17)18)9-3-11(15)7-12(16)4-9/h2-7H,1H3,(H,17,18)/p-1. The zero-order chi connectivity index (χ0) is 14.0. The summed E-state index contributed by atoms with van der Waals surface area (Å²) in [5.41, 5.74) is 1.38. The Hall–Kier alpha value is -1.71. The number of benzene rings is 2. The molecule has 0 saturated carbocycles. The SMILES string of the molecule is COc1cc(C(=O)[O-])cc(-c2cc(Cl)cc(Cl)c2)c1. The molecule has 2 rings (SSSR count). The first kappa shape index (κ1) is 13.7. The zero-order valence-corrected chi connectivity index (χ0v) is 11.5. The van der Waals surface area contributed by atoms with E-state index in [2.05, 4.69) is 0 Å². The molecule has 19 heavy (non-hydrogen) atoms. The molecule has 2 aromatic carbocycles. The monoisotopic (exact) mass is 295 g/mol. The van der Waals surface area contributed by atoms with Crippen molar-refractivity contribution in [2.75, 3.05) is 7.11 Å². The van der Waals surface area contributed by atoms with Crippen LogP contribution in [0.2, 0.25) is 10.0 Å². The molecule has 0 atom stereocenters. The van der Waals surface area contributed by atoms with Gasteiger partial charge in [0.15, 0.2) is 0 Å². The van der Waals surface area contributed by atoms with E-state index in [1.807, 2.05) is 0 Å². The number of carbonyl (C=O) groups excluding carboxylic acids is 1. The lowest BCUT2D eigenvalue weighted by molar-refractivity contribution is -0.255. The first-order valence-electron chi connectivity index (χ1n) is 5.36. The molecule has 0 aliphatic rings. The number of carboxylic acids is 1. The average molecular weight is 296 g/mol. The largest absolute Gasteiger partial charge is 0.545 e. The number of rotatable bonds is 3. The molecule has 0 spiro atoms. The highest BCUT2D eigenvalue weighted by atomic mass is 35.5. The molecule has 0 N–H and O–H groups in total. The third-order valence-corrected chi connectivity index (χ3v) is 3.01. The van der Waals surface area contributed by atoms with Crippen molar-refractivity contribution in [3.63, 3.8) is 0 Å². The van der Waals surface area contributed by atoms with Gasteiger partial charge in [0.05, 0.1) is 13.1 Å². The molecule has 0 heterocycles. The van der Waals surface area contributed by atoms with Gasteiger partial charge in [-0.25, -0.2) is 0 Å². The molecule has 98 valence electrons. The van der Waals surface area contributed by atoms with Crippen molar-refractivity contribution in [2.24, 2.45) is 0 Å². The molecule has 0 saturated heterocycles. The lowest BCUT2D eigenvalue weighted by Crippen LogP contribution is -2.22. The van der Waals surface area contributed by atoms with Gasteiger partial charge >= 0.3 is 0 Å². The van der Waals surface area contributed by atoms with Crippen LogP contribution in [-0.2, 0) is 0 Å². The van der Waals surface area contributed by atoms with Gasteiger partial charge in [0.25, 0.3) is 0 Å². The van der Waals surface area contributed by atoms with Crippen LogP contribution in [0.15, 0.2) is 36.4 Å². The molecule has 0 radical (unpaired) electrons. The maximum Gasteiger partial charge on any atom is 0.120 e.